The summed E-state index contributed by atoms with van der Waals surface area (Å²) in [6, 6.07) is 18.7. The van der Waals surface area contributed by atoms with E-state index in [0.717, 1.165) is 39.0 Å². The van der Waals surface area contributed by atoms with Crippen molar-refractivity contribution >= 4 is 32.1 Å². The van der Waals surface area contributed by atoms with Crippen LogP contribution in [0.25, 0.3) is 33.2 Å². The fraction of sp³-hybridized carbons (Fsp3) is 0.0800. The van der Waals surface area contributed by atoms with Gasteiger partial charge in [-0.3, -0.25) is 4.98 Å². The standard InChI is InChI=1S/C25H18FN3O3S2/c1-32-23-8-5-17(16-3-2-4-19(26)11-16)13-22(23)25-21-7-6-20(12-18(21)9-10-27-25)34(30,31)14-24-28-15-29-33-24/h2-13,15H,14H2,1H3. The first-order valence-electron chi connectivity index (χ1n) is 10.3. The van der Waals surface area contributed by atoms with E-state index in [2.05, 4.69) is 14.3 Å². The van der Waals surface area contributed by atoms with Crippen LogP contribution in [0.4, 0.5) is 4.39 Å². The van der Waals surface area contributed by atoms with Crippen molar-refractivity contribution in [2.24, 2.45) is 0 Å². The van der Waals surface area contributed by atoms with Gasteiger partial charge in [-0.2, -0.15) is 4.37 Å². The number of benzene rings is 3. The van der Waals surface area contributed by atoms with Crippen molar-refractivity contribution in [2.45, 2.75) is 10.6 Å². The van der Waals surface area contributed by atoms with Crippen LogP contribution >= 0.6 is 11.5 Å². The number of rotatable bonds is 6. The van der Waals surface area contributed by atoms with Crippen LogP contribution in [-0.2, 0) is 15.6 Å². The van der Waals surface area contributed by atoms with Gasteiger partial charge in [0.25, 0.3) is 0 Å². The number of aromatic nitrogens is 3. The minimum atomic E-state index is -3.58. The van der Waals surface area contributed by atoms with E-state index in [0.29, 0.717) is 16.5 Å². The maximum absolute atomic E-state index is 13.8. The summed E-state index contributed by atoms with van der Waals surface area (Å²) >= 11 is 1.06. The van der Waals surface area contributed by atoms with Gasteiger partial charge in [-0.1, -0.05) is 24.3 Å². The maximum Gasteiger partial charge on any atom is 0.184 e. The lowest BCUT2D eigenvalue weighted by Crippen LogP contribution is -2.04. The van der Waals surface area contributed by atoms with Crippen molar-refractivity contribution in [3.8, 4) is 28.1 Å². The van der Waals surface area contributed by atoms with Gasteiger partial charge >= 0.3 is 0 Å². The molecule has 6 nitrogen and oxygen atoms in total. The molecule has 0 amide bonds. The Kier molecular flexibility index (Phi) is 5.80. The minimum Gasteiger partial charge on any atom is -0.496 e. The molecule has 5 rings (SSSR count). The van der Waals surface area contributed by atoms with E-state index in [1.165, 1.54) is 18.5 Å². The average molecular weight is 492 g/mol. The molecule has 34 heavy (non-hydrogen) atoms. The largest absolute Gasteiger partial charge is 0.496 e. The Balaban J connectivity index is 1.61. The molecule has 0 fully saturated rings. The second-order valence-corrected chi connectivity index (χ2v) is 10.4. The van der Waals surface area contributed by atoms with E-state index >= 15 is 0 Å². The molecular formula is C25H18FN3O3S2. The van der Waals surface area contributed by atoms with Crippen LogP contribution in [0.5, 0.6) is 5.75 Å². The number of hydrogen-bond donors (Lipinski definition) is 0. The van der Waals surface area contributed by atoms with Crippen molar-refractivity contribution < 1.29 is 17.5 Å². The molecule has 0 saturated carbocycles. The Hall–Kier alpha value is -3.69. The van der Waals surface area contributed by atoms with E-state index in [-0.39, 0.29) is 16.5 Å². The quantitative estimate of drug-likeness (QED) is 0.310. The van der Waals surface area contributed by atoms with Crippen molar-refractivity contribution in [1.29, 1.82) is 0 Å². The van der Waals surface area contributed by atoms with Crippen LogP contribution in [-0.4, -0.2) is 29.9 Å². The highest BCUT2D eigenvalue weighted by Crippen LogP contribution is 2.37. The van der Waals surface area contributed by atoms with E-state index in [1.807, 2.05) is 24.3 Å². The Morgan fingerprint density at radius 3 is 2.59 bits per heavy atom. The maximum atomic E-state index is 13.8. The number of fused-ring (bicyclic) bond motifs is 1. The molecule has 0 unspecified atom stereocenters. The van der Waals surface area contributed by atoms with Gasteiger partial charge in [-0.25, -0.2) is 17.8 Å². The Morgan fingerprint density at radius 2 is 1.82 bits per heavy atom. The lowest BCUT2D eigenvalue weighted by Gasteiger charge is -2.13. The lowest BCUT2D eigenvalue weighted by atomic mass is 9.98. The second kappa shape index (κ2) is 8.92. The molecule has 0 aliphatic rings. The zero-order valence-electron chi connectivity index (χ0n) is 18.0. The van der Waals surface area contributed by atoms with E-state index in [1.54, 1.807) is 43.6 Å². The third kappa shape index (κ3) is 4.27. The van der Waals surface area contributed by atoms with Crippen molar-refractivity contribution in [1.82, 2.24) is 14.3 Å². The van der Waals surface area contributed by atoms with E-state index < -0.39 is 9.84 Å². The fourth-order valence-electron chi connectivity index (χ4n) is 3.81. The van der Waals surface area contributed by atoms with Gasteiger partial charge in [0, 0.05) is 17.1 Å². The van der Waals surface area contributed by atoms with E-state index in [4.69, 9.17) is 4.74 Å². The van der Waals surface area contributed by atoms with Gasteiger partial charge < -0.3 is 4.74 Å². The highest BCUT2D eigenvalue weighted by molar-refractivity contribution is 7.90. The topological polar surface area (TPSA) is 82.0 Å². The second-order valence-electron chi connectivity index (χ2n) is 7.56. The summed E-state index contributed by atoms with van der Waals surface area (Å²) in [7, 11) is -2.01. The van der Waals surface area contributed by atoms with Crippen LogP contribution in [0.1, 0.15) is 5.01 Å². The first kappa shape index (κ1) is 22.1. The summed E-state index contributed by atoms with van der Waals surface area (Å²) in [5.74, 6) is 0.0819. The third-order valence-corrected chi connectivity index (χ3v) is 7.90. The molecule has 170 valence electrons. The summed E-state index contributed by atoms with van der Waals surface area (Å²) in [4.78, 5) is 8.75. The molecule has 0 spiro atoms. The molecule has 2 aromatic heterocycles. The number of sulfone groups is 1. The summed E-state index contributed by atoms with van der Waals surface area (Å²) < 4.78 is 49.0. The summed E-state index contributed by atoms with van der Waals surface area (Å²) in [5.41, 5.74) is 2.90. The lowest BCUT2D eigenvalue weighted by molar-refractivity contribution is 0.416. The van der Waals surface area contributed by atoms with Crippen molar-refractivity contribution in [2.75, 3.05) is 7.11 Å². The molecule has 2 heterocycles. The molecule has 0 atom stereocenters. The van der Waals surface area contributed by atoms with Gasteiger partial charge in [-0.05, 0) is 70.5 Å². The zero-order chi connectivity index (χ0) is 23.7. The third-order valence-electron chi connectivity index (χ3n) is 5.43. The zero-order valence-corrected chi connectivity index (χ0v) is 19.6. The highest BCUT2D eigenvalue weighted by Gasteiger charge is 2.19. The van der Waals surface area contributed by atoms with Crippen molar-refractivity contribution in [3.63, 3.8) is 0 Å². The van der Waals surface area contributed by atoms with Crippen LogP contribution in [0.3, 0.4) is 0 Å². The Morgan fingerprint density at radius 1 is 0.971 bits per heavy atom. The molecule has 5 aromatic rings. The molecule has 0 N–H and O–H groups in total. The normalized spacial score (nSPS) is 11.6. The fourth-order valence-corrected chi connectivity index (χ4v) is 5.94. The Bertz CT molecular complexity index is 1600. The number of hydrogen-bond acceptors (Lipinski definition) is 7. The monoisotopic (exact) mass is 491 g/mol. The van der Waals surface area contributed by atoms with Crippen LogP contribution < -0.4 is 4.74 Å². The summed E-state index contributed by atoms with van der Waals surface area (Å²) in [6.45, 7) is 0. The SMILES string of the molecule is COc1ccc(-c2cccc(F)c2)cc1-c1nccc2cc(S(=O)(=O)Cc3ncns3)ccc12. The molecule has 0 radical (unpaired) electrons. The van der Waals surface area contributed by atoms with E-state index in [9.17, 15) is 12.8 Å². The number of halogens is 1. The van der Waals surface area contributed by atoms with Gasteiger partial charge in [0.05, 0.1) is 17.7 Å². The predicted molar refractivity (Wildman–Crippen MR) is 130 cm³/mol. The van der Waals surface area contributed by atoms with Crippen LogP contribution in [0.15, 0.2) is 84.1 Å². The van der Waals surface area contributed by atoms with Gasteiger partial charge in [0.2, 0.25) is 0 Å². The first-order valence-corrected chi connectivity index (χ1v) is 12.7. The number of methoxy groups -OCH3 is 1. The molecule has 0 saturated heterocycles. The van der Waals surface area contributed by atoms with Crippen LogP contribution in [0.2, 0.25) is 0 Å². The van der Waals surface area contributed by atoms with Gasteiger partial charge in [-0.15, -0.1) is 0 Å². The smallest absolute Gasteiger partial charge is 0.184 e. The average Bonchev–Trinajstić information content (AvgIpc) is 3.35. The predicted octanol–water partition coefficient (Wildman–Crippen LogP) is 5.54. The molecule has 0 bridgehead atoms. The van der Waals surface area contributed by atoms with Crippen molar-refractivity contribution in [3.05, 3.63) is 90.1 Å². The molecule has 9 heteroatoms. The number of nitrogens with zero attached hydrogens (tertiary/aromatic N) is 3. The molecule has 3 aromatic carbocycles. The molecule has 0 aliphatic carbocycles. The first-order chi connectivity index (χ1) is 16.4. The summed E-state index contributed by atoms with van der Waals surface area (Å²) in [5, 5.41) is 1.93. The minimum absolute atomic E-state index is 0.202. The van der Waals surface area contributed by atoms with Gasteiger partial charge in [0.15, 0.2) is 9.84 Å². The number of ether oxygens (including phenoxy) is 1. The number of pyridine rings is 1. The summed E-state index contributed by atoms with van der Waals surface area (Å²) in [6.07, 6.45) is 2.98. The van der Waals surface area contributed by atoms with Crippen LogP contribution in [0, 0.1) is 5.82 Å². The Labute approximate surface area is 199 Å². The molecular weight excluding hydrogens is 473 g/mol. The molecule has 0 aliphatic heterocycles. The van der Waals surface area contributed by atoms with Gasteiger partial charge in [0.1, 0.15) is 28.7 Å². The highest BCUT2D eigenvalue weighted by atomic mass is 32.2.